The van der Waals surface area contributed by atoms with Gasteiger partial charge < -0.3 is 0 Å². The molecule has 3 aromatic heterocycles. The number of hydrogen-bond donors (Lipinski definition) is 1. The zero-order valence-electron chi connectivity index (χ0n) is 18.6. The molecule has 3 heterocycles. The third-order valence-electron chi connectivity index (χ3n) is 5.41. The van der Waals surface area contributed by atoms with Crippen molar-refractivity contribution in [2.75, 3.05) is 0 Å². The number of nitrogens with zero attached hydrogens (tertiary/aromatic N) is 4. The maximum absolute atomic E-state index is 13.6. The predicted octanol–water partition coefficient (Wildman–Crippen LogP) is 5.29. The SMILES string of the molecule is Cc1cc2c(cc1Cl)c(C#N)c(-c1ccc(S(=O)(=O)N[C@@H](C)C(F)(F)F)cn1)n2-c1ccc(F)cn1. The van der Waals surface area contributed by atoms with Crippen LogP contribution in [0.5, 0.6) is 0 Å². The molecule has 0 unspecified atom stereocenters. The first kappa shape index (κ1) is 25.6. The zero-order chi connectivity index (χ0) is 26.4. The molecular formula is C23H16ClF4N5O2S. The fourth-order valence-corrected chi connectivity index (χ4v) is 4.89. The van der Waals surface area contributed by atoms with E-state index in [9.17, 15) is 31.2 Å². The molecule has 0 bridgehead atoms. The second-order valence-electron chi connectivity index (χ2n) is 7.89. The van der Waals surface area contributed by atoms with Gasteiger partial charge in [-0.15, -0.1) is 0 Å². The Morgan fingerprint density at radius 2 is 1.86 bits per heavy atom. The number of hydrogen-bond acceptors (Lipinski definition) is 5. The van der Waals surface area contributed by atoms with E-state index < -0.39 is 33.0 Å². The van der Waals surface area contributed by atoms with Crippen LogP contribution in [0.25, 0.3) is 28.1 Å². The molecule has 186 valence electrons. The summed E-state index contributed by atoms with van der Waals surface area (Å²) in [6.07, 6.45) is -2.89. The van der Waals surface area contributed by atoms with Crippen molar-refractivity contribution in [2.45, 2.75) is 31.0 Å². The molecule has 1 atom stereocenters. The Labute approximate surface area is 208 Å². The van der Waals surface area contributed by atoms with Crippen molar-refractivity contribution in [3.05, 3.63) is 70.8 Å². The molecule has 0 saturated carbocycles. The van der Waals surface area contributed by atoms with Crippen molar-refractivity contribution in [1.29, 1.82) is 5.26 Å². The lowest BCUT2D eigenvalue weighted by molar-refractivity contribution is -0.147. The number of nitrogens with one attached hydrogen (secondary N) is 1. The minimum absolute atomic E-state index is 0.130. The number of aromatic nitrogens is 3. The van der Waals surface area contributed by atoms with Crippen LogP contribution in [-0.4, -0.2) is 35.2 Å². The summed E-state index contributed by atoms with van der Waals surface area (Å²) >= 11 is 6.28. The number of pyridine rings is 2. The van der Waals surface area contributed by atoms with Crippen LogP contribution in [0, 0.1) is 24.1 Å². The van der Waals surface area contributed by atoms with E-state index in [4.69, 9.17) is 11.6 Å². The molecule has 0 aliphatic carbocycles. The van der Waals surface area contributed by atoms with Crippen molar-refractivity contribution in [3.63, 3.8) is 0 Å². The molecule has 0 amide bonds. The highest BCUT2D eigenvalue weighted by atomic mass is 35.5. The van der Waals surface area contributed by atoms with Gasteiger partial charge in [-0.05, 0) is 55.8 Å². The smallest absolute Gasteiger partial charge is 0.291 e. The third-order valence-corrected chi connectivity index (χ3v) is 7.35. The predicted molar refractivity (Wildman–Crippen MR) is 125 cm³/mol. The third kappa shape index (κ3) is 4.65. The fourth-order valence-electron chi connectivity index (χ4n) is 3.55. The standard InChI is InChI=1S/C23H16ClF4N5O2S/c1-12-7-20-16(8-18(12)24)17(9-29)22(33(20)21-6-3-14(25)10-31-21)19-5-4-15(11-30-19)36(34,35)32-13(2)23(26,27)28/h3-8,10-11,13,32H,1-2H3/t13-/m0/s1. The molecule has 1 aromatic carbocycles. The van der Waals surface area contributed by atoms with Crippen LogP contribution >= 0.6 is 11.6 Å². The number of aryl methyl sites for hydroxylation is 1. The first-order chi connectivity index (χ1) is 16.8. The maximum atomic E-state index is 13.6. The van der Waals surface area contributed by atoms with Gasteiger partial charge in [0.1, 0.15) is 28.6 Å². The van der Waals surface area contributed by atoms with E-state index in [0.29, 0.717) is 28.4 Å². The number of benzene rings is 1. The van der Waals surface area contributed by atoms with Gasteiger partial charge in [0.15, 0.2) is 0 Å². The Balaban J connectivity index is 1.91. The summed E-state index contributed by atoms with van der Waals surface area (Å²) < 4.78 is 80.0. The first-order valence-electron chi connectivity index (χ1n) is 10.3. The summed E-state index contributed by atoms with van der Waals surface area (Å²) in [6.45, 7) is 2.44. The van der Waals surface area contributed by atoms with Gasteiger partial charge in [-0.2, -0.15) is 23.2 Å². The van der Waals surface area contributed by atoms with Gasteiger partial charge in [-0.25, -0.2) is 17.8 Å². The van der Waals surface area contributed by atoms with E-state index in [-0.39, 0.29) is 22.8 Å². The molecule has 13 heteroatoms. The molecule has 0 aliphatic heterocycles. The van der Waals surface area contributed by atoms with E-state index in [1.807, 2.05) is 0 Å². The summed E-state index contributed by atoms with van der Waals surface area (Å²) in [5.41, 5.74) is 1.70. The Morgan fingerprint density at radius 3 is 2.42 bits per heavy atom. The van der Waals surface area contributed by atoms with E-state index in [2.05, 4.69) is 16.0 Å². The molecule has 0 aliphatic rings. The second kappa shape index (κ2) is 9.16. The quantitative estimate of drug-likeness (QED) is 0.349. The molecular weight excluding hydrogens is 522 g/mol. The summed E-state index contributed by atoms with van der Waals surface area (Å²) in [5, 5.41) is 10.8. The van der Waals surface area contributed by atoms with Crippen molar-refractivity contribution < 1.29 is 26.0 Å². The largest absolute Gasteiger partial charge is 0.404 e. The highest BCUT2D eigenvalue weighted by Crippen LogP contribution is 2.37. The van der Waals surface area contributed by atoms with Crippen LogP contribution in [-0.2, 0) is 10.0 Å². The lowest BCUT2D eigenvalue weighted by Gasteiger charge is -2.17. The van der Waals surface area contributed by atoms with Gasteiger partial charge in [-0.3, -0.25) is 9.55 Å². The minimum atomic E-state index is -4.77. The van der Waals surface area contributed by atoms with Crippen LogP contribution in [0.3, 0.4) is 0 Å². The number of nitriles is 1. The van der Waals surface area contributed by atoms with Gasteiger partial charge in [0.25, 0.3) is 0 Å². The summed E-state index contributed by atoms with van der Waals surface area (Å²) in [5.74, 6) is -0.330. The number of halogens is 5. The monoisotopic (exact) mass is 537 g/mol. The van der Waals surface area contributed by atoms with Crippen LogP contribution < -0.4 is 4.72 Å². The molecule has 4 aromatic rings. The van der Waals surface area contributed by atoms with Gasteiger partial charge in [0.2, 0.25) is 10.0 Å². The zero-order valence-corrected chi connectivity index (χ0v) is 20.2. The Bertz CT molecular complexity index is 1610. The Kier molecular flexibility index (Phi) is 6.51. The number of sulfonamides is 1. The number of alkyl halides is 3. The molecule has 0 saturated heterocycles. The lowest BCUT2D eigenvalue weighted by atomic mass is 10.1. The molecule has 0 radical (unpaired) electrons. The maximum Gasteiger partial charge on any atom is 0.404 e. The van der Waals surface area contributed by atoms with E-state index in [1.54, 1.807) is 28.3 Å². The van der Waals surface area contributed by atoms with Crippen molar-refractivity contribution in [2.24, 2.45) is 0 Å². The summed E-state index contributed by atoms with van der Waals surface area (Å²) in [7, 11) is -4.54. The summed E-state index contributed by atoms with van der Waals surface area (Å²) in [6, 6.07) is 8.01. The van der Waals surface area contributed by atoms with E-state index >= 15 is 0 Å². The molecule has 0 fully saturated rings. The Hall–Kier alpha value is -3.53. The number of fused-ring (bicyclic) bond motifs is 1. The minimum Gasteiger partial charge on any atom is -0.291 e. The van der Waals surface area contributed by atoms with Crippen molar-refractivity contribution in [3.8, 4) is 23.3 Å². The molecule has 7 nitrogen and oxygen atoms in total. The average Bonchev–Trinajstić information content (AvgIpc) is 3.12. The van der Waals surface area contributed by atoms with Crippen LogP contribution in [0.4, 0.5) is 17.6 Å². The van der Waals surface area contributed by atoms with Crippen molar-refractivity contribution >= 4 is 32.5 Å². The number of rotatable bonds is 5. The Morgan fingerprint density at radius 1 is 1.14 bits per heavy atom. The van der Waals surface area contributed by atoms with E-state index in [1.165, 1.54) is 18.2 Å². The van der Waals surface area contributed by atoms with Gasteiger partial charge in [0, 0.05) is 16.6 Å². The molecule has 1 N–H and O–H groups in total. The van der Waals surface area contributed by atoms with Gasteiger partial charge >= 0.3 is 6.18 Å². The highest BCUT2D eigenvalue weighted by molar-refractivity contribution is 7.89. The van der Waals surface area contributed by atoms with Crippen LogP contribution in [0.2, 0.25) is 5.02 Å². The first-order valence-corrected chi connectivity index (χ1v) is 12.1. The average molecular weight is 538 g/mol. The topological polar surface area (TPSA) is 101 Å². The lowest BCUT2D eigenvalue weighted by Crippen LogP contribution is -2.42. The highest BCUT2D eigenvalue weighted by Gasteiger charge is 2.39. The molecule has 36 heavy (non-hydrogen) atoms. The van der Waals surface area contributed by atoms with Crippen molar-refractivity contribution in [1.82, 2.24) is 19.3 Å². The normalized spacial score (nSPS) is 13.1. The van der Waals surface area contributed by atoms with Crippen LogP contribution in [0.15, 0.2) is 53.7 Å². The van der Waals surface area contributed by atoms with Crippen LogP contribution in [0.1, 0.15) is 18.1 Å². The van der Waals surface area contributed by atoms with E-state index in [0.717, 1.165) is 18.5 Å². The molecule has 0 spiro atoms. The fraction of sp³-hybridized carbons (Fsp3) is 0.174. The van der Waals surface area contributed by atoms with Gasteiger partial charge in [-0.1, -0.05) is 11.6 Å². The second-order valence-corrected chi connectivity index (χ2v) is 10.0. The molecule has 4 rings (SSSR count). The summed E-state index contributed by atoms with van der Waals surface area (Å²) in [4.78, 5) is 7.73. The van der Waals surface area contributed by atoms with Gasteiger partial charge in [0.05, 0.1) is 28.7 Å².